The van der Waals surface area contributed by atoms with Crippen molar-refractivity contribution in [3.63, 3.8) is 0 Å². The second-order valence-electron chi connectivity index (χ2n) is 12.2. The van der Waals surface area contributed by atoms with Crippen molar-refractivity contribution < 1.29 is 32.3 Å². The molecule has 246 valence electrons. The summed E-state index contributed by atoms with van der Waals surface area (Å²) in [5.41, 5.74) is -2.14. The van der Waals surface area contributed by atoms with E-state index in [0.29, 0.717) is 45.0 Å². The standard InChI is InChI=1S/C32H37F4N7O3/c1-4-27(44)43-18-31(46,19-43)21-8-11-41(12-9-21)14-15-42-13-10-25(30(45)40(3)26-7-5-6-24(33)28(26)42)39-29-22(17-37)23(32(34,35)36)16-20(2)38-29/h4-7,16,21,25,46H,1,8-15,18-19H2,2-3H3,(H,38,39)/t25-/m0/s1. The Bertz CT molecular complexity index is 1550. The molecule has 2 aromatic rings. The first-order valence-corrected chi connectivity index (χ1v) is 15.2. The van der Waals surface area contributed by atoms with Crippen LogP contribution >= 0.6 is 0 Å². The second kappa shape index (κ2) is 12.9. The molecular formula is C32H37F4N7O3. The predicted molar refractivity (Wildman–Crippen MR) is 164 cm³/mol. The second-order valence-corrected chi connectivity index (χ2v) is 12.2. The molecule has 3 aliphatic heterocycles. The average Bonchev–Trinajstić information content (AvgIpc) is 3.00. The van der Waals surface area contributed by atoms with Gasteiger partial charge in [0.05, 0.1) is 30.0 Å². The van der Waals surface area contributed by atoms with Crippen molar-refractivity contribution in [2.75, 3.05) is 68.0 Å². The Hall–Kier alpha value is -4.22. The van der Waals surface area contributed by atoms with Gasteiger partial charge in [0.2, 0.25) is 11.8 Å². The number of benzene rings is 1. The molecule has 5 rings (SSSR count). The number of nitriles is 1. The molecule has 0 bridgehead atoms. The molecule has 0 spiro atoms. The Morgan fingerprint density at radius 2 is 1.91 bits per heavy atom. The van der Waals surface area contributed by atoms with Crippen molar-refractivity contribution in [2.45, 2.75) is 44.0 Å². The van der Waals surface area contributed by atoms with E-state index in [1.54, 1.807) is 17.0 Å². The van der Waals surface area contributed by atoms with E-state index in [1.165, 1.54) is 37.1 Å². The number of anilines is 3. The lowest BCUT2D eigenvalue weighted by atomic mass is 9.75. The summed E-state index contributed by atoms with van der Waals surface area (Å²) >= 11 is 0. The molecule has 1 atom stereocenters. The van der Waals surface area contributed by atoms with Crippen LogP contribution in [0.15, 0.2) is 36.9 Å². The van der Waals surface area contributed by atoms with Gasteiger partial charge in [-0.25, -0.2) is 9.37 Å². The Balaban J connectivity index is 1.30. The molecule has 0 aliphatic carbocycles. The number of fused-ring (bicyclic) bond motifs is 1. The largest absolute Gasteiger partial charge is 0.417 e. The molecule has 3 aliphatic rings. The fourth-order valence-electron chi connectivity index (χ4n) is 6.71. The van der Waals surface area contributed by atoms with E-state index < -0.39 is 40.7 Å². The molecule has 4 heterocycles. The summed E-state index contributed by atoms with van der Waals surface area (Å²) in [6, 6.07) is 5.77. The number of rotatable bonds is 7. The molecule has 1 aromatic heterocycles. The first-order valence-electron chi connectivity index (χ1n) is 15.2. The Kier molecular flexibility index (Phi) is 9.28. The number of hydrogen-bond acceptors (Lipinski definition) is 8. The van der Waals surface area contributed by atoms with Crippen molar-refractivity contribution in [1.82, 2.24) is 14.8 Å². The molecule has 2 amide bonds. The normalized spacial score (nSPS) is 20.7. The maximum atomic E-state index is 15.4. The summed E-state index contributed by atoms with van der Waals surface area (Å²) < 4.78 is 56.5. The number of aromatic nitrogens is 1. The van der Waals surface area contributed by atoms with Crippen LogP contribution in [-0.2, 0) is 15.8 Å². The number of piperidine rings is 1. The van der Waals surface area contributed by atoms with Crippen LogP contribution in [0, 0.1) is 30.0 Å². The van der Waals surface area contributed by atoms with E-state index >= 15 is 4.39 Å². The lowest BCUT2D eigenvalue weighted by molar-refractivity contribution is -0.166. The molecule has 10 nitrogen and oxygen atoms in total. The third-order valence-electron chi connectivity index (χ3n) is 9.28. The zero-order valence-corrected chi connectivity index (χ0v) is 25.8. The first-order chi connectivity index (χ1) is 21.8. The molecule has 2 N–H and O–H groups in total. The highest BCUT2D eigenvalue weighted by molar-refractivity contribution is 6.01. The number of amides is 2. The molecule has 2 fully saturated rings. The van der Waals surface area contributed by atoms with Crippen molar-refractivity contribution in [3.8, 4) is 6.07 Å². The lowest BCUT2D eigenvalue weighted by Gasteiger charge is -2.52. The van der Waals surface area contributed by atoms with Crippen LogP contribution in [0.5, 0.6) is 0 Å². The minimum Gasteiger partial charge on any atom is -0.386 e. The lowest BCUT2D eigenvalue weighted by Crippen LogP contribution is -2.67. The summed E-state index contributed by atoms with van der Waals surface area (Å²) in [6.07, 6.45) is -1.96. The van der Waals surface area contributed by atoms with Gasteiger partial charge >= 0.3 is 6.18 Å². The number of aliphatic hydroxyl groups is 1. The monoisotopic (exact) mass is 643 g/mol. The number of carbonyl (C=O) groups excluding carboxylic acids is 2. The molecule has 0 unspecified atom stereocenters. The third kappa shape index (κ3) is 6.52. The maximum absolute atomic E-state index is 15.4. The number of alkyl halides is 3. The van der Waals surface area contributed by atoms with E-state index in [0.717, 1.165) is 18.9 Å². The number of carbonyl (C=O) groups is 2. The Labute approximate surface area is 264 Å². The zero-order chi connectivity index (χ0) is 33.4. The van der Waals surface area contributed by atoms with Gasteiger partial charge in [-0.2, -0.15) is 18.4 Å². The van der Waals surface area contributed by atoms with E-state index in [-0.39, 0.29) is 42.0 Å². The Morgan fingerprint density at radius 1 is 1.22 bits per heavy atom. The highest BCUT2D eigenvalue weighted by Crippen LogP contribution is 2.38. The number of β-amino-alcohol motifs (C(OH)–C–C–N with tert-alkyl or cyclic N) is 1. The summed E-state index contributed by atoms with van der Waals surface area (Å²) in [5, 5.41) is 23.4. The number of aryl methyl sites for hydroxylation is 1. The summed E-state index contributed by atoms with van der Waals surface area (Å²) in [4.78, 5) is 36.5. The Morgan fingerprint density at radius 3 is 2.54 bits per heavy atom. The summed E-state index contributed by atoms with van der Waals surface area (Å²) in [6.45, 7) is 8.05. The minimum atomic E-state index is -4.79. The zero-order valence-electron chi connectivity index (χ0n) is 25.8. The maximum Gasteiger partial charge on any atom is 0.417 e. The quantitative estimate of drug-likeness (QED) is 0.348. The van der Waals surface area contributed by atoms with Crippen LogP contribution in [0.2, 0.25) is 0 Å². The molecule has 14 heteroatoms. The molecule has 1 aromatic carbocycles. The van der Waals surface area contributed by atoms with Gasteiger partial charge in [-0.15, -0.1) is 0 Å². The molecule has 0 radical (unpaired) electrons. The van der Waals surface area contributed by atoms with E-state index in [4.69, 9.17) is 0 Å². The van der Waals surface area contributed by atoms with Crippen LogP contribution in [0.4, 0.5) is 34.8 Å². The number of halogens is 4. The van der Waals surface area contributed by atoms with Gasteiger partial charge in [0.1, 0.15) is 34.9 Å². The van der Waals surface area contributed by atoms with Crippen molar-refractivity contribution in [2.24, 2.45) is 5.92 Å². The van der Waals surface area contributed by atoms with Crippen molar-refractivity contribution >= 4 is 29.0 Å². The van der Waals surface area contributed by atoms with Crippen LogP contribution in [0.1, 0.15) is 36.1 Å². The van der Waals surface area contributed by atoms with Crippen LogP contribution < -0.4 is 15.1 Å². The summed E-state index contributed by atoms with van der Waals surface area (Å²) in [5.74, 6) is -1.48. The van der Waals surface area contributed by atoms with Crippen LogP contribution in [0.25, 0.3) is 0 Å². The van der Waals surface area contributed by atoms with Gasteiger partial charge in [0.15, 0.2) is 0 Å². The van der Waals surface area contributed by atoms with Gasteiger partial charge in [-0.3, -0.25) is 9.59 Å². The topological polar surface area (TPSA) is 116 Å². The van der Waals surface area contributed by atoms with Gasteiger partial charge in [0.25, 0.3) is 0 Å². The SMILES string of the molecule is C=CC(=O)N1CC(O)(C2CCN(CCN3CC[C@H](Nc4nc(C)cc(C(F)(F)F)c4C#N)C(=O)N(C)c4cccc(F)c43)CC2)C1. The third-order valence-corrected chi connectivity index (χ3v) is 9.28. The fraction of sp³-hybridized carbons (Fsp3) is 0.500. The van der Waals surface area contributed by atoms with Crippen molar-refractivity contribution in [3.05, 3.63) is 59.6 Å². The van der Waals surface area contributed by atoms with Crippen LogP contribution in [-0.4, -0.2) is 96.2 Å². The minimum absolute atomic E-state index is 0.0327. The number of para-hydroxylation sites is 1. The summed E-state index contributed by atoms with van der Waals surface area (Å²) in [7, 11) is 1.48. The molecular weight excluding hydrogens is 606 g/mol. The molecule has 2 saturated heterocycles. The van der Waals surface area contributed by atoms with E-state index in [9.17, 15) is 33.1 Å². The first kappa shape index (κ1) is 33.2. The van der Waals surface area contributed by atoms with E-state index in [1.807, 2.05) is 4.90 Å². The average molecular weight is 644 g/mol. The van der Waals surface area contributed by atoms with Gasteiger partial charge in [-0.05, 0) is 69.5 Å². The van der Waals surface area contributed by atoms with Crippen LogP contribution in [0.3, 0.4) is 0 Å². The van der Waals surface area contributed by atoms with E-state index in [2.05, 4.69) is 21.8 Å². The number of nitrogens with one attached hydrogen (secondary N) is 1. The highest BCUT2D eigenvalue weighted by atomic mass is 19.4. The number of likely N-dealkylation sites (N-methyl/N-ethyl adjacent to an activating group) is 1. The molecule has 46 heavy (non-hydrogen) atoms. The van der Waals surface area contributed by atoms with Gasteiger partial charge in [0, 0.05) is 32.4 Å². The fourth-order valence-corrected chi connectivity index (χ4v) is 6.71. The van der Waals surface area contributed by atoms with Gasteiger partial charge < -0.3 is 30.0 Å². The smallest absolute Gasteiger partial charge is 0.386 e. The van der Waals surface area contributed by atoms with Gasteiger partial charge in [-0.1, -0.05) is 12.6 Å². The predicted octanol–water partition coefficient (Wildman–Crippen LogP) is 3.54. The molecule has 0 saturated carbocycles. The number of hydrogen-bond donors (Lipinski definition) is 2. The van der Waals surface area contributed by atoms with Crippen molar-refractivity contribution in [1.29, 1.82) is 5.26 Å². The highest BCUT2D eigenvalue weighted by Gasteiger charge is 2.49. The number of likely N-dealkylation sites (tertiary alicyclic amines) is 2. The number of nitrogens with zero attached hydrogens (tertiary/aromatic N) is 6. The number of pyridine rings is 1.